The molecule has 0 aliphatic heterocycles. The summed E-state index contributed by atoms with van der Waals surface area (Å²) in [5.41, 5.74) is 9.22. The Bertz CT molecular complexity index is 603. The first kappa shape index (κ1) is 16.1. The van der Waals surface area contributed by atoms with Crippen molar-refractivity contribution in [3.8, 4) is 0 Å². The SMILES string of the molecule is Cc1cc(C(N)=S)ccc1CN(Cc1cccs1)C(C)C. The number of benzene rings is 1. The second-order valence-electron chi connectivity index (χ2n) is 5.58. The maximum Gasteiger partial charge on any atom is 0.103 e. The van der Waals surface area contributed by atoms with E-state index in [-0.39, 0.29) is 0 Å². The van der Waals surface area contributed by atoms with E-state index in [9.17, 15) is 0 Å². The van der Waals surface area contributed by atoms with Crippen molar-refractivity contribution in [3.63, 3.8) is 0 Å². The van der Waals surface area contributed by atoms with E-state index in [2.05, 4.69) is 55.3 Å². The summed E-state index contributed by atoms with van der Waals surface area (Å²) in [7, 11) is 0. The van der Waals surface area contributed by atoms with Crippen LogP contribution in [-0.2, 0) is 13.1 Å². The quantitative estimate of drug-likeness (QED) is 0.813. The predicted molar refractivity (Wildman–Crippen MR) is 95.8 cm³/mol. The third kappa shape index (κ3) is 4.37. The minimum Gasteiger partial charge on any atom is -0.389 e. The minimum atomic E-state index is 0.462. The second-order valence-corrected chi connectivity index (χ2v) is 7.06. The first-order valence-corrected chi connectivity index (χ1v) is 8.42. The second kappa shape index (κ2) is 7.16. The summed E-state index contributed by atoms with van der Waals surface area (Å²) in [6, 6.07) is 11.1. The van der Waals surface area contributed by atoms with Crippen molar-refractivity contribution >= 4 is 28.5 Å². The Labute approximate surface area is 136 Å². The molecule has 1 heterocycles. The average Bonchev–Trinajstić information content (AvgIpc) is 2.92. The van der Waals surface area contributed by atoms with Crippen LogP contribution in [0.5, 0.6) is 0 Å². The molecule has 0 bridgehead atoms. The minimum absolute atomic E-state index is 0.462. The van der Waals surface area contributed by atoms with E-state index in [1.807, 2.05) is 17.4 Å². The predicted octanol–water partition coefficient (Wildman–Crippen LogP) is 4.10. The van der Waals surface area contributed by atoms with E-state index in [1.165, 1.54) is 16.0 Å². The summed E-state index contributed by atoms with van der Waals surface area (Å²) >= 11 is 6.85. The molecule has 0 aliphatic rings. The molecule has 0 fully saturated rings. The van der Waals surface area contributed by atoms with Gasteiger partial charge >= 0.3 is 0 Å². The Hall–Kier alpha value is -1.23. The fourth-order valence-corrected chi connectivity index (χ4v) is 3.13. The van der Waals surface area contributed by atoms with Crippen molar-refractivity contribution in [1.82, 2.24) is 4.90 Å². The van der Waals surface area contributed by atoms with Crippen LogP contribution in [0.15, 0.2) is 35.7 Å². The number of thiophene rings is 1. The van der Waals surface area contributed by atoms with Gasteiger partial charge < -0.3 is 5.73 Å². The maximum atomic E-state index is 5.69. The molecule has 2 N–H and O–H groups in total. The number of nitrogens with zero attached hydrogens (tertiary/aromatic N) is 1. The highest BCUT2D eigenvalue weighted by Crippen LogP contribution is 2.19. The van der Waals surface area contributed by atoms with Crippen LogP contribution in [0.4, 0.5) is 0 Å². The van der Waals surface area contributed by atoms with Gasteiger partial charge in [-0.15, -0.1) is 11.3 Å². The molecule has 21 heavy (non-hydrogen) atoms. The lowest BCUT2D eigenvalue weighted by Crippen LogP contribution is -2.29. The van der Waals surface area contributed by atoms with Crippen molar-refractivity contribution in [2.75, 3.05) is 0 Å². The monoisotopic (exact) mass is 318 g/mol. The van der Waals surface area contributed by atoms with E-state index in [0.717, 1.165) is 18.7 Å². The van der Waals surface area contributed by atoms with Gasteiger partial charge in [0.25, 0.3) is 0 Å². The summed E-state index contributed by atoms with van der Waals surface area (Å²) in [6.45, 7) is 8.55. The molecule has 2 rings (SSSR count). The van der Waals surface area contributed by atoms with Crippen LogP contribution in [0.1, 0.15) is 35.4 Å². The van der Waals surface area contributed by atoms with Gasteiger partial charge in [0.15, 0.2) is 0 Å². The molecule has 112 valence electrons. The lowest BCUT2D eigenvalue weighted by atomic mass is 10.0. The number of nitrogens with two attached hydrogens (primary N) is 1. The van der Waals surface area contributed by atoms with E-state index in [0.29, 0.717) is 11.0 Å². The van der Waals surface area contributed by atoms with Crippen molar-refractivity contribution < 1.29 is 0 Å². The third-order valence-electron chi connectivity index (χ3n) is 3.67. The normalized spacial score (nSPS) is 11.3. The van der Waals surface area contributed by atoms with E-state index in [4.69, 9.17) is 18.0 Å². The molecule has 4 heteroatoms. The highest BCUT2D eigenvalue weighted by molar-refractivity contribution is 7.80. The van der Waals surface area contributed by atoms with Gasteiger partial charge in [0.1, 0.15) is 4.99 Å². The van der Waals surface area contributed by atoms with Crippen LogP contribution in [0, 0.1) is 6.92 Å². The van der Waals surface area contributed by atoms with Gasteiger partial charge in [-0.1, -0.05) is 30.4 Å². The highest BCUT2D eigenvalue weighted by atomic mass is 32.1. The van der Waals surface area contributed by atoms with E-state index in [1.54, 1.807) is 0 Å². The number of hydrogen-bond donors (Lipinski definition) is 1. The average molecular weight is 319 g/mol. The van der Waals surface area contributed by atoms with Crippen LogP contribution in [0.25, 0.3) is 0 Å². The molecule has 0 radical (unpaired) electrons. The summed E-state index contributed by atoms with van der Waals surface area (Å²) in [5, 5.41) is 2.13. The lowest BCUT2D eigenvalue weighted by Gasteiger charge is -2.27. The number of hydrogen-bond acceptors (Lipinski definition) is 3. The van der Waals surface area contributed by atoms with Gasteiger partial charge in [-0.3, -0.25) is 4.90 Å². The summed E-state index contributed by atoms with van der Waals surface area (Å²) in [5.74, 6) is 0. The Morgan fingerprint density at radius 2 is 2.05 bits per heavy atom. The standard InChI is InChI=1S/C17H22N2S2/c1-12(2)19(11-16-5-4-8-21-16)10-15-7-6-14(17(18)20)9-13(15)3/h4-9,12H,10-11H2,1-3H3,(H2,18,20). The zero-order valence-corrected chi connectivity index (χ0v) is 14.4. The van der Waals surface area contributed by atoms with Gasteiger partial charge in [-0.2, -0.15) is 0 Å². The fourth-order valence-electron chi connectivity index (χ4n) is 2.27. The molecule has 1 aromatic heterocycles. The molecule has 1 aromatic carbocycles. The van der Waals surface area contributed by atoms with Crippen molar-refractivity contribution in [3.05, 3.63) is 57.3 Å². The summed E-state index contributed by atoms with van der Waals surface area (Å²) < 4.78 is 0. The van der Waals surface area contributed by atoms with E-state index >= 15 is 0 Å². The first-order valence-electron chi connectivity index (χ1n) is 7.13. The van der Waals surface area contributed by atoms with Crippen LogP contribution in [0.3, 0.4) is 0 Å². The molecule has 0 atom stereocenters. The van der Waals surface area contributed by atoms with Crippen LogP contribution in [-0.4, -0.2) is 15.9 Å². The van der Waals surface area contributed by atoms with Gasteiger partial charge in [-0.05, 0) is 49.4 Å². The van der Waals surface area contributed by atoms with Gasteiger partial charge in [0.2, 0.25) is 0 Å². The molecule has 0 saturated heterocycles. The third-order valence-corrected chi connectivity index (χ3v) is 4.77. The summed E-state index contributed by atoms with van der Waals surface area (Å²) in [6.07, 6.45) is 0. The van der Waals surface area contributed by atoms with Gasteiger partial charge in [0, 0.05) is 29.6 Å². The molecular formula is C17H22N2S2. The van der Waals surface area contributed by atoms with Crippen LogP contribution < -0.4 is 5.73 Å². The fraction of sp³-hybridized carbons (Fsp3) is 0.353. The Kier molecular flexibility index (Phi) is 5.51. The smallest absolute Gasteiger partial charge is 0.103 e. The maximum absolute atomic E-state index is 5.69. The van der Waals surface area contributed by atoms with Crippen LogP contribution in [0.2, 0.25) is 0 Å². The zero-order valence-electron chi connectivity index (χ0n) is 12.8. The number of thiocarbonyl (C=S) groups is 1. The van der Waals surface area contributed by atoms with Crippen molar-refractivity contribution in [2.45, 2.75) is 39.9 Å². The molecule has 0 amide bonds. The van der Waals surface area contributed by atoms with Gasteiger partial charge in [0.05, 0.1) is 0 Å². The van der Waals surface area contributed by atoms with Gasteiger partial charge in [-0.25, -0.2) is 0 Å². The molecular weight excluding hydrogens is 296 g/mol. The van der Waals surface area contributed by atoms with E-state index < -0.39 is 0 Å². The molecule has 2 nitrogen and oxygen atoms in total. The van der Waals surface area contributed by atoms with Crippen LogP contribution >= 0.6 is 23.6 Å². The molecule has 2 aromatic rings. The lowest BCUT2D eigenvalue weighted by molar-refractivity contribution is 0.205. The Morgan fingerprint density at radius 1 is 1.29 bits per heavy atom. The largest absolute Gasteiger partial charge is 0.389 e. The Morgan fingerprint density at radius 3 is 2.57 bits per heavy atom. The molecule has 0 spiro atoms. The van der Waals surface area contributed by atoms with Crippen molar-refractivity contribution in [2.24, 2.45) is 5.73 Å². The summed E-state index contributed by atoms with van der Waals surface area (Å²) in [4.78, 5) is 4.35. The first-order chi connectivity index (χ1) is 9.97. The molecule has 0 aliphatic carbocycles. The highest BCUT2D eigenvalue weighted by Gasteiger charge is 2.13. The number of rotatable bonds is 6. The molecule has 0 unspecified atom stereocenters. The zero-order chi connectivity index (χ0) is 15.4. The molecule has 0 saturated carbocycles. The Balaban J connectivity index is 2.15. The number of aryl methyl sites for hydroxylation is 1. The van der Waals surface area contributed by atoms with Crippen molar-refractivity contribution in [1.29, 1.82) is 0 Å². The topological polar surface area (TPSA) is 29.3 Å².